The van der Waals surface area contributed by atoms with Crippen molar-refractivity contribution < 1.29 is 18.1 Å². The Labute approximate surface area is 33.9 Å². The molecule has 16 valence electrons. The van der Waals surface area contributed by atoms with E-state index >= 15 is 0 Å². The molecule has 0 aliphatic rings. The van der Waals surface area contributed by atoms with Crippen molar-refractivity contribution in [1.29, 1.82) is 5.26 Å². The van der Waals surface area contributed by atoms with Crippen LogP contribution in [0.1, 0.15) is 0 Å². The van der Waals surface area contributed by atoms with Crippen LogP contribution in [-0.2, 0) is 18.1 Å². The molecular weight excluding hydrogens is 105 g/mol. The molecule has 2 nitrogen and oxygen atoms in total. The van der Waals surface area contributed by atoms with Gasteiger partial charge in [-0.1, -0.05) is 0 Å². The molecule has 0 amide bonds. The van der Waals surface area contributed by atoms with Crippen LogP contribution in [-0.4, -0.2) is 0 Å². The third-order valence-electron chi connectivity index (χ3n) is 0.0707. The fraction of sp³-hybridized carbons (Fsp3) is 0. The molecule has 0 spiro atoms. The number of rotatable bonds is 0. The Morgan fingerprint density at radius 1 is 2.00 bits per heavy atom. The topological polar surface area (TPSA) is 36.1 Å². The fourth-order valence-electron chi connectivity index (χ4n) is 0. The van der Waals surface area contributed by atoms with E-state index < -0.39 is 0 Å². The fourth-order valence-corrected chi connectivity index (χ4v) is 0. The van der Waals surface area contributed by atoms with Crippen LogP contribution in [0, 0.1) is 11.5 Å². The molecule has 0 saturated carbocycles. The molecule has 3 heteroatoms. The predicted octanol–water partition coefficient (Wildman–Crippen LogP) is 0.198. The molecular formula is CN2Zn. The summed E-state index contributed by atoms with van der Waals surface area (Å²) in [5.41, 5.74) is 0. The van der Waals surface area contributed by atoms with Gasteiger partial charge in [-0.15, -0.1) is 0 Å². The average molecular weight is 105 g/mol. The maximum atomic E-state index is 7.49. The first-order valence-corrected chi connectivity index (χ1v) is 2.09. The van der Waals surface area contributed by atoms with E-state index in [1.54, 1.807) is 6.19 Å². The SMILES string of the molecule is N#C[N]=[Zn]. The van der Waals surface area contributed by atoms with Gasteiger partial charge in [0.15, 0.2) is 0 Å². The summed E-state index contributed by atoms with van der Waals surface area (Å²) in [6.45, 7) is 0. The quantitative estimate of drug-likeness (QED) is 0.320. The number of hydrogen-bond donors (Lipinski definition) is 0. The van der Waals surface area contributed by atoms with Crippen molar-refractivity contribution in [3.05, 3.63) is 0 Å². The van der Waals surface area contributed by atoms with Gasteiger partial charge in [0.2, 0.25) is 0 Å². The van der Waals surface area contributed by atoms with Crippen LogP contribution in [0.5, 0.6) is 0 Å². The first-order valence-electron chi connectivity index (χ1n) is 0.763. The Hall–Kier alpha value is -0.0866. The van der Waals surface area contributed by atoms with Crippen molar-refractivity contribution in [3.8, 4) is 6.19 Å². The van der Waals surface area contributed by atoms with Gasteiger partial charge in [-0.3, -0.25) is 0 Å². The summed E-state index contributed by atoms with van der Waals surface area (Å²) >= 11 is 0.733. The number of nitrogens with zero attached hydrogens (tertiary/aromatic N) is 2. The second kappa shape index (κ2) is 2.91. The second-order valence-corrected chi connectivity index (χ2v) is 0.922. The van der Waals surface area contributed by atoms with E-state index in [0.717, 1.165) is 18.1 Å². The van der Waals surface area contributed by atoms with Gasteiger partial charge in [-0.05, 0) is 0 Å². The van der Waals surface area contributed by atoms with Crippen molar-refractivity contribution in [2.45, 2.75) is 0 Å². The summed E-state index contributed by atoms with van der Waals surface area (Å²) in [5, 5.41) is 7.49. The Bertz CT molecular complexity index is 51.5. The van der Waals surface area contributed by atoms with Gasteiger partial charge in [-0.25, -0.2) is 0 Å². The zero-order valence-corrected chi connectivity index (χ0v) is 5.07. The minimum atomic E-state index is 0.733. The van der Waals surface area contributed by atoms with Crippen LogP contribution in [0.2, 0.25) is 0 Å². The summed E-state index contributed by atoms with van der Waals surface area (Å²) in [6.07, 6.45) is 1.61. The zero-order valence-electron chi connectivity index (χ0n) is 2.10. The Morgan fingerprint density at radius 3 is 2.25 bits per heavy atom. The Kier molecular flexibility index (Phi) is 2.85. The molecule has 0 aliphatic heterocycles. The molecule has 0 fully saturated rings. The van der Waals surface area contributed by atoms with Gasteiger partial charge in [-0.2, -0.15) is 0 Å². The van der Waals surface area contributed by atoms with E-state index in [-0.39, 0.29) is 0 Å². The first kappa shape index (κ1) is 3.91. The molecule has 0 aliphatic carbocycles. The van der Waals surface area contributed by atoms with Gasteiger partial charge in [0.05, 0.1) is 0 Å². The van der Waals surface area contributed by atoms with E-state index in [1.807, 2.05) is 0 Å². The number of nitriles is 1. The van der Waals surface area contributed by atoms with Crippen LogP contribution in [0.15, 0.2) is 3.68 Å². The summed E-state index contributed by atoms with van der Waals surface area (Å²) in [7, 11) is 0. The predicted molar refractivity (Wildman–Crippen MR) is 8.04 cm³/mol. The third-order valence-corrected chi connectivity index (χ3v) is 0.367. The van der Waals surface area contributed by atoms with Gasteiger partial charge in [0, 0.05) is 0 Å². The molecule has 0 atom stereocenters. The summed E-state index contributed by atoms with van der Waals surface area (Å²) in [6, 6.07) is 0. The van der Waals surface area contributed by atoms with Gasteiger partial charge < -0.3 is 0 Å². The molecule has 0 heterocycles. The van der Waals surface area contributed by atoms with E-state index in [1.165, 1.54) is 0 Å². The zero-order chi connectivity index (χ0) is 3.41. The van der Waals surface area contributed by atoms with Crippen LogP contribution in [0.3, 0.4) is 0 Å². The molecule has 0 bridgehead atoms. The molecule has 0 N–H and O–H groups in total. The molecule has 4 heavy (non-hydrogen) atoms. The maximum absolute atomic E-state index is 7.49. The molecule has 0 aromatic heterocycles. The van der Waals surface area contributed by atoms with Crippen LogP contribution in [0.25, 0.3) is 0 Å². The normalized spacial score (nSPS) is 4.25. The van der Waals surface area contributed by atoms with Gasteiger partial charge >= 0.3 is 33.3 Å². The van der Waals surface area contributed by atoms with Crippen LogP contribution >= 0.6 is 0 Å². The van der Waals surface area contributed by atoms with Crippen molar-refractivity contribution >= 4 is 0 Å². The van der Waals surface area contributed by atoms with Crippen molar-refractivity contribution in [1.82, 2.24) is 0 Å². The van der Waals surface area contributed by atoms with Crippen molar-refractivity contribution in [3.63, 3.8) is 0 Å². The number of hydrogen-bond acceptors (Lipinski definition) is 2. The molecule has 0 radical (unpaired) electrons. The first-order chi connectivity index (χ1) is 1.91. The molecule has 0 aromatic rings. The van der Waals surface area contributed by atoms with Crippen molar-refractivity contribution in [2.24, 2.45) is 3.68 Å². The third kappa shape index (κ3) is 1.91. The van der Waals surface area contributed by atoms with Gasteiger partial charge in [0.1, 0.15) is 0 Å². The van der Waals surface area contributed by atoms with Crippen LogP contribution < -0.4 is 0 Å². The Morgan fingerprint density at radius 2 is 2.25 bits per heavy atom. The second-order valence-electron chi connectivity index (χ2n) is 0.258. The monoisotopic (exact) mass is 104 g/mol. The van der Waals surface area contributed by atoms with E-state index in [9.17, 15) is 0 Å². The molecule has 0 unspecified atom stereocenters. The van der Waals surface area contributed by atoms with E-state index in [2.05, 4.69) is 3.68 Å². The van der Waals surface area contributed by atoms with Gasteiger partial charge in [0.25, 0.3) is 0 Å². The summed E-state index contributed by atoms with van der Waals surface area (Å²) in [5.74, 6) is 0. The van der Waals surface area contributed by atoms with E-state index in [4.69, 9.17) is 5.26 Å². The molecule has 0 rings (SSSR count). The average Bonchev–Trinajstić information content (AvgIpc) is 1.37. The Balaban J connectivity index is 2.92. The molecule has 0 aromatic carbocycles. The summed E-state index contributed by atoms with van der Waals surface area (Å²) < 4.78 is 3.17. The van der Waals surface area contributed by atoms with E-state index in [0.29, 0.717) is 0 Å². The van der Waals surface area contributed by atoms with Crippen molar-refractivity contribution in [2.75, 3.05) is 0 Å². The molecule has 0 saturated heterocycles. The standard InChI is InChI=1S/CN2.Zn/c2-1-3;. The minimum absolute atomic E-state index is 0.733. The summed E-state index contributed by atoms with van der Waals surface area (Å²) in [4.78, 5) is 0. The van der Waals surface area contributed by atoms with Crippen LogP contribution in [0.4, 0.5) is 0 Å².